The highest BCUT2D eigenvalue weighted by Crippen LogP contribution is 2.34. The molecule has 3 aromatic carbocycles. The fraction of sp³-hybridized carbons (Fsp3) is 0.125. The fourth-order valence-corrected chi connectivity index (χ4v) is 4.18. The first-order valence-electron chi connectivity index (χ1n) is 10.1. The number of aromatic nitrogens is 3. The molecule has 0 saturated heterocycles. The van der Waals surface area contributed by atoms with Crippen LogP contribution in [0.5, 0.6) is 0 Å². The number of benzene rings is 3. The predicted octanol–water partition coefficient (Wildman–Crippen LogP) is 4.70. The van der Waals surface area contributed by atoms with Crippen molar-refractivity contribution in [1.82, 2.24) is 20.1 Å². The summed E-state index contributed by atoms with van der Waals surface area (Å²) < 4.78 is 1.67. The van der Waals surface area contributed by atoms with Crippen LogP contribution in [0.2, 0.25) is 0 Å². The maximum absolute atomic E-state index is 13.2. The minimum absolute atomic E-state index is 0.165. The number of nitro groups is 1. The van der Waals surface area contributed by atoms with Crippen molar-refractivity contribution >= 4 is 23.4 Å². The lowest BCUT2D eigenvalue weighted by Gasteiger charge is -2.20. The van der Waals surface area contributed by atoms with Gasteiger partial charge in [0.05, 0.1) is 15.9 Å². The number of nitro benzene ring substituents is 1. The van der Waals surface area contributed by atoms with Gasteiger partial charge in [-0.3, -0.25) is 14.9 Å². The van der Waals surface area contributed by atoms with Crippen molar-refractivity contribution in [2.24, 2.45) is 7.05 Å². The number of carbonyl (C=O) groups excluding carboxylic acids is 1. The van der Waals surface area contributed by atoms with Crippen LogP contribution < -0.4 is 5.32 Å². The first kappa shape index (κ1) is 22.2. The first-order valence-corrected chi connectivity index (χ1v) is 11.0. The monoisotopic (exact) mass is 459 g/mol. The van der Waals surface area contributed by atoms with Crippen molar-refractivity contribution < 1.29 is 9.72 Å². The van der Waals surface area contributed by atoms with Gasteiger partial charge in [-0.1, -0.05) is 60.2 Å². The average Bonchev–Trinajstić information content (AvgIpc) is 3.23. The van der Waals surface area contributed by atoms with Crippen LogP contribution in [0.25, 0.3) is 0 Å². The topological polar surface area (TPSA) is 103 Å². The number of carbonyl (C=O) groups is 1. The second-order valence-electron chi connectivity index (χ2n) is 7.49. The summed E-state index contributed by atoms with van der Waals surface area (Å²) >= 11 is 1.12. The van der Waals surface area contributed by atoms with E-state index in [1.165, 1.54) is 12.4 Å². The van der Waals surface area contributed by atoms with Gasteiger partial charge in [0, 0.05) is 18.7 Å². The lowest BCUT2D eigenvalue weighted by Crippen LogP contribution is -2.29. The highest BCUT2D eigenvalue weighted by atomic mass is 32.2. The fourth-order valence-electron chi connectivity index (χ4n) is 3.33. The third-order valence-corrected chi connectivity index (χ3v) is 6.23. The van der Waals surface area contributed by atoms with Gasteiger partial charge in [-0.05, 0) is 41.9 Å². The molecule has 9 heteroatoms. The molecule has 4 rings (SSSR count). The van der Waals surface area contributed by atoms with Gasteiger partial charge in [-0.15, -0.1) is 10.2 Å². The van der Waals surface area contributed by atoms with Crippen molar-refractivity contribution in [1.29, 1.82) is 0 Å². The molecule has 0 aliphatic carbocycles. The van der Waals surface area contributed by atoms with E-state index < -0.39 is 16.9 Å². The van der Waals surface area contributed by atoms with Gasteiger partial charge >= 0.3 is 0 Å². The van der Waals surface area contributed by atoms with Crippen molar-refractivity contribution in [2.45, 2.75) is 23.0 Å². The smallest absolute Gasteiger partial charge is 0.284 e. The summed E-state index contributed by atoms with van der Waals surface area (Å²) in [7, 11) is 1.75. The van der Waals surface area contributed by atoms with Crippen LogP contribution in [0.1, 0.15) is 33.1 Å². The molecule has 1 N–H and O–H groups in total. The summed E-state index contributed by atoms with van der Waals surface area (Å²) in [6.07, 6.45) is 1.52. The lowest BCUT2D eigenvalue weighted by molar-refractivity contribution is -0.387. The summed E-state index contributed by atoms with van der Waals surface area (Å²) in [5.41, 5.74) is 2.99. The van der Waals surface area contributed by atoms with Crippen LogP contribution in [0.4, 0.5) is 5.69 Å². The van der Waals surface area contributed by atoms with Crippen molar-refractivity contribution in [2.75, 3.05) is 0 Å². The SMILES string of the molecule is Cc1ccc(C(NC(=O)c2ccc(Sc3nncn3C)c([N+](=O)[O-])c2)c2ccccc2)cc1. The van der Waals surface area contributed by atoms with E-state index in [0.29, 0.717) is 10.1 Å². The molecular weight excluding hydrogens is 438 g/mol. The summed E-state index contributed by atoms with van der Waals surface area (Å²) in [5.74, 6) is -0.400. The molecule has 1 aromatic heterocycles. The predicted molar refractivity (Wildman–Crippen MR) is 125 cm³/mol. The molecule has 166 valence electrons. The van der Waals surface area contributed by atoms with Gasteiger partial charge in [0.1, 0.15) is 6.33 Å². The summed E-state index contributed by atoms with van der Waals surface area (Å²) in [6, 6.07) is 21.6. The van der Waals surface area contributed by atoms with Gasteiger partial charge in [-0.25, -0.2) is 0 Å². The van der Waals surface area contributed by atoms with E-state index in [4.69, 9.17) is 0 Å². The largest absolute Gasteiger partial charge is 0.341 e. The highest BCUT2D eigenvalue weighted by molar-refractivity contribution is 7.99. The van der Waals surface area contributed by atoms with E-state index in [9.17, 15) is 14.9 Å². The summed E-state index contributed by atoms with van der Waals surface area (Å²) in [5, 5.41) is 23.0. The zero-order valence-electron chi connectivity index (χ0n) is 18.0. The molecule has 1 atom stereocenters. The Hall–Kier alpha value is -3.98. The number of aryl methyl sites for hydroxylation is 2. The standard InChI is InChI=1S/C24H21N5O3S/c1-16-8-10-18(11-9-16)22(17-6-4-3-5-7-17)26-23(30)19-12-13-21(20(14-19)29(31)32)33-24-27-25-15-28(24)2/h3-15,22H,1-2H3,(H,26,30). The molecule has 1 heterocycles. The zero-order chi connectivity index (χ0) is 23.4. The van der Waals surface area contributed by atoms with Crippen molar-refractivity contribution in [3.63, 3.8) is 0 Å². The zero-order valence-corrected chi connectivity index (χ0v) is 18.8. The number of hydrogen-bond donors (Lipinski definition) is 1. The van der Waals surface area contributed by atoms with Crippen LogP contribution in [0.3, 0.4) is 0 Å². The Kier molecular flexibility index (Phi) is 6.50. The van der Waals surface area contributed by atoms with Gasteiger partial charge in [0.25, 0.3) is 11.6 Å². The lowest BCUT2D eigenvalue weighted by atomic mass is 9.97. The van der Waals surface area contributed by atoms with E-state index >= 15 is 0 Å². The molecule has 0 radical (unpaired) electrons. The second-order valence-corrected chi connectivity index (χ2v) is 8.50. The first-order chi connectivity index (χ1) is 15.9. The van der Waals surface area contributed by atoms with E-state index in [-0.39, 0.29) is 11.3 Å². The maximum atomic E-state index is 13.2. The number of amides is 1. The summed E-state index contributed by atoms with van der Waals surface area (Å²) in [4.78, 5) is 24.8. The number of nitrogens with zero attached hydrogens (tertiary/aromatic N) is 4. The number of hydrogen-bond acceptors (Lipinski definition) is 6. The minimum Gasteiger partial charge on any atom is -0.341 e. The van der Waals surface area contributed by atoms with Gasteiger partial charge in [0.15, 0.2) is 5.16 Å². The molecule has 8 nitrogen and oxygen atoms in total. The molecule has 0 aliphatic rings. The third kappa shape index (κ3) is 5.09. The van der Waals surface area contributed by atoms with Crippen LogP contribution >= 0.6 is 11.8 Å². The average molecular weight is 460 g/mol. The molecule has 0 aliphatic heterocycles. The quantitative estimate of drug-likeness (QED) is 0.317. The van der Waals surface area contributed by atoms with Gasteiger partial charge in [0.2, 0.25) is 0 Å². The minimum atomic E-state index is -0.496. The van der Waals surface area contributed by atoms with E-state index in [2.05, 4.69) is 15.5 Å². The van der Waals surface area contributed by atoms with Crippen molar-refractivity contribution in [3.8, 4) is 0 Å². The molecule has 4 aromatic rings. The normalized spacial score (nSPS) is 11.7. The highest BCUT2D eigenvalue weighted by Gasteiger charge is 2.22. The summed E-state index contributed by atoms with van der Waals surface area (Å²) in [6.45, 7) is 2.00. The Bertz CT molecular complexity index is 1290. The Morgan fingerprint density at radius 3 is 2.39 bits per heavy atom. The van der Waals surface area contributed by atoms with E-state index in [1.807, 2.05) is 61.5 Å². The second kappa shape index (κ2) is 9.66. The molecule has 1 amide bonds. The van der Waals surface area contributed by atoms with Gasteiger partial charge in [-0.2, -0.15) is 0 Å². The molecular formula is C24H21N5O3S. The van der Waals surface area contributed by atoms with Crippen LogP contribution in [0, 0.1) is 17.0 Å². The van der Waals surface area contributed by atoms with Gasteiger partial charge < -0.3 is 9.88 Å². The van der Waals surface area contributed by atoms with Crippen LogP contribution in [-0.4, -0.2) is 25.6 Å². The van der Waals surface area contributed by atoms with E-state index in [1.54, 1.807) is 23.7 Å². The number of nitrogens with one attached hydrogen (secondary N) is 1. The number of rotatable bonds is 7. The molecule has 33 heavy (non-hydrogen) atoms. The van der Waals surface area contributed by atoms with Crippen LogP contribution in [-0.2, 0) is 7.05 Å². The van der Waals surface area contributed by atoms with E-state index in [0.717, 1.165) is 28.5 Å². The Balaban J connectivity index is 1.64. The Morgan fingerprint density at radius 1 is 1.06 bits per heavy atom. The Morgan fingerprint density at radius 2 is 1.76 bits per heavy atom. The third-order valence-electron chi connectivity index (χ3n) is 5.11. The Labute approximate surface area is 194 Å². The molecule has 0 spiro atoms. The maximum Gasteiger partial charge on any atom is 0.284 e. The van der Waals surface area contributed by atoms with Crippen molar-refractivity contribution in [3.05, 3.63) is 111 Å². The van der Waals surface area contributed by atoms with Crippen LogP contribution in [0.15, 0.2) is 89.2 Å². The molecule has 1 unspecified atom stereocenters. The molecule has 0 fully saturated rings. The molecule has 0 saturated carbocycles. The molecule has 0 bridgehead atoms.